The number of hydrogen-bond donors (Lipinski definition) is 0. The number of benzene rings is 4. The first-order valence-corrected chi connectivity index (χ1v) is 10.1. The van der Waals surface area contributed by atoms with E-state index in [4.69, 9.17) is 0 Å². The van der Waals surface area contributed by atoms with Crippen molar-refractivity contribution in [1.29, 1.82) is 0 Å². The summed E-state index contributed by atoms with van der Waals surface area (Å²) in [6.45, 7) is 0. The van der Waals surface area contributed by atoms with Gasteiger partial charge in [0, 0.05) is 17.8 Å². The van der Waals surface area contributed by atoms with E-state index in [0.29, 0.717) is 0 Å². The van der Waals surface area contributed by atoms with E-state index in [1.165, 1.54) is 38.4 Å². The van der Waals surface area contributed by atoms with Crippen LogP contribution in [0.1, 0.15) is 22.3 Å². The molecule has 4 aromatic carbocycles. The summed E-state index contributed by atoms with van der Waals surface area (Å²) >= 11 is 0. The Hall–Kier alpha value is -3.97. The number of pyridine rings is 1. The molecule has 142 valence electrons. The SMILES string of the molecule is C(=C\c1c2ccccc2c(/C=C/c2ccccc2)c2cnccc12)/c1ccccc1. The van der Waals surface area contributed by atoms with Crippen molar-refractivity contribution in [2.45, 2.75) is 0 Å². The number of aromatic nitrogens is 1. The van der Waals surface area contributed by atoms with Crippen molar-refractivity contribution in [2.75, 3.05) is 0 Å². The minimum Gasteiger partial charge on any atom is -0.264 e. The number of rotatable bonds is 4. The van der Waals surface area contributed by atoms with Crippen LogP contribution in [0.5, 0.6) is 0 Å². The molecule has 1 heterocycles. The van der Waals surface area contributed by atoms with E-state index in [9.17, 15) is 0 Å². The topological polar surface area (TPSA) is 12.9 Å². The standard InChI is InChI=1S/C29H21N/c1-3-9-22(10-4-1)15-17-26-24-13-7-8-14-25(24)27(29-21-30-20-19-28(26)29)18-16-23-11-5-2-6-12-23/h1-21H/b17-15+,18-16+. The summed E-state index contributed by atoms with van der Waals surface area (Å²) in [6.07, 6.45) is 12.7. The van der Waals surface area contributed by atoms with Gasteiger partial charge in [0.1, 0.15) is 0 Å². The third-order valence-electron chi connectivity index (χ3n) is 5.39. The lowest BCUT2D eigenvalue weighted by Crippen LogP contribution is -1.89. The molecule has 0 aliphatic carbocycles. The van der Waals surface area contributed by atoms with Crippen molar-refractivity contribution in [3.63, 3.8) is 0 Å². The first-order chi connectivity index (χ1) is 14.9. The summed E-state index contributed by atoms with van der Waals surface area (Å²) in [5, 5.41) is 4.86. The molecule has 30 heavy (non-hydrogen) atoms. The van der Waals surface area contributed by atoms with Crippen molar-refractivity contribution in [3.05, 3.63) is 126 Å². The molecule has 0 fully saturated rings. The molecule has 0 aliphatic rings. The van der Waals surface area contributed by atoms with Gasteiger partial charge in [-0.15, -0.1) is 0 Å². The Balaban J connectivity index is 1.74. The maximum absolute atomic E-state index is 4.44. The lowest BCUT2D eigenvalue weighted by Gasteiger charge is -2.12. The van der Waals surface area contributed by atoms with Crippen LogP contribution in [0.3, 0.4) is 0 Å². The maximum Gasteiger partial charge on any atom is 0.0352 e. The van der Waals surface area contributed by atoms with Crippen LogP contribution in [0, 0.1) is 0 Å². The normalized spacial score (nSPS) is 11.7. The Kier molecular flexibility index (Phi) is 4.93. The molecule has 1 nitrogen and oxygen atoms in total. The van der Waals surface area contributed by atoms with Crippen molar-refractivity contribution in [1.82, 2.24) is 4.98 Å². The second-order valence-electron chi connectivity index (χ2n) is 7.28. The Bertz CT molecular complexity index is 1200. The molecule has 0 atom stereocenters. The highest BCUT2D eigenvalue weighted by atomic mass is 14.6. The molecule has 0 aliphatic heterocycles. The average molecular weight is 383 g/mol. The summed E-state index contributed by atoms with van der Waals surface area (Å²) < 4.78 is 0. The fourth-order valence-electron chi connectivity index (χ4n) is 3.93. The van der Waals surface area contributed by atoms with Gasteiger partial charge in [0.25, 0.3) is 0 Å². The van der Waals surface area contributed by atoms with Crippen molar-refractivity contribution in [3.8, 4) is 0 Å². The van der Waals surface area contributed by atoms with Crippen LogP contribution in [0.4, 0.5) is 0 Å². The smallest absolute Gasteiger partial charge is 0.0352 e. The molecule has 0 unspecified atom stereocenters. The fraction of sp³-hybridized carbons (Fsp3) is 0. The van der Waals surface area contributed by atoms with Gasteiger partial charge in [0.15, 0.2) is 0 Å². The highest BCUT2D eigenvalue weighted by Gasteiger charge is 2.10. The molecule has 0 N–H and O–H groups in total. The van der Waals surface area contributed by atoms with Crippen LogP contribution >= 0.6 is 0 Å². The molecule has 0 saturated carbocycles. The van der Waals surface area contributed by atoms with Gasteiger partial charge in [-0.3, -0.25) is 4.98 Å². The molecular formula is C29H21N. The molecule has 1 aromatic heterocycles. The monoisotopic (exact) mass is 383 g/mol. The Morgan fingerprint density at radius 1 is 0.433 bits per heavy atom. The predicted molar refractivity (Wildman–Crippen MR) is 130 cm³/mol. The molecule has 0 amide bonds. The van der Waals surface area contributed by atoms with Gasteiger partial charge in [0.05, 0.1) is 0 Å². The minimum atomic E-state index is 1.16. The van der Waals surface area contributed by atoms with Crippen molar-refractivity contribution in [2.24, 2.45) is 0 Å². The zero-order valence-electron chi connectivity index (χ0n) is 16.6. The van der Waals surface area contributed by atoms with Crippen molar-refractivity contribution >= 4 is 45.8 Å². The molecule has 5 aromatic rings. The largest absolute Gasteiger partial charge is 0.264 e. The fourth-order valence-corrected chi connectivity index (χ4v) is 3.93. The number of nitrogens with zero attached hydrogens (tertiary/aromatic N) is 1. The summed E-state index contributed by atoms with van der Waals surface area (Å²) in [5.74, 6) is 0. The molecule has 5 rings (SSSR count). The van der Waals surface area contributed by atoms with Gasteiger partial charge in [0.2, 0.25) is 0 Å². The minimum absolute atomic E-state index is 1.16. The third-order valence-corrected chi connectivity index (χ3v) is 5.39. The van der Waals surface area contributed by atoms with E-state index < -0.39 is 0 Å². The first kappa shape index (κ1) is 18.1. The van der Waals surface area contributed by atoms with Gasteiger partial charge in [-0.05, 0) is 44.5 Å². The molecule has 1 heteroatoms. The number of hydrogen-bond acceptors (Lipinski definition) is 1. The van der Waals surface area contributed by atoms with Crippen molar-refractivity contribution < 1.29 is 0 Å². The predicted octanol–water partition coefficient (Wildman–Crippen LogP) is 7.73. The van der Waals surface area contributed by atoms with E-state index in [-0.39, 0.29) is 0 Å². The van der Waals surface area contributed by atoms with Gasteiger partial charge in [-0.2, -0.15) is 0 Å². The maximum atomic E-state index is 4.44. The van der Waals surface area contributed by atoms with Crippen LogP contribution in [-0.2, 0) is 0 Å². The molecule has 0 radical (unpaired) electrons. The Morgan fingerprint density at radius 3 is 1.47 bits per heavy atom. The second kappa shape index (κ2) is 8.18. The summed E-state index contributed by atoms with van der Waals surface area (Å²) in [6, 6.07) is 31.6. The lowest BCUT2D eigenvalue weighted by atomic mass is 9.92. The lowest BCUT2D eigenvalue weighted by molar-refractivity contribution is 1.36. The summed E-state index contributed by atoms with van der Waals surface area (Å²) in [7, 11) is 0. The highest BCUT2D eigenvalue weighted by Crippen LogP contribution is 2.34. The van der Waals surface area contributed by atoms with Crippen LogP contribution in [0.2, 0.25) is 0 Å². The van der Waals surface area contributed by atoms with E-state index >= 15 is 0 Å². The average Bonchev–Trinajstić information content (AvgIpc) is 2.82. The van der Waals surface area contributed by atoms with E-state index in [2.05, 4.69) is 108 Å². The van der Waals surface area contributed by atoms with Gasteiger partial charge < -0.3 is 0 Å². The number of fused-ring (bicyclic) bond motifs is 2. The summed E-state index contributed by atoms with van der Waals surface area (Å²) in [5.41, 5.74) is 4.81. The quantitative estimate of drug-likeness (QED) is 0.228. The first-order valence-electron chi connectivity index (χ1n) is 10.1. The second-order valence-corrected chi connectivity index (χ2v) is 7.28. The van der Waals surface area contributed by atoms with Gasteiger partial charge in [-0.25, -0.2) is 0 Å². The Labute approximate surface area is 176 Å². The molecule has 0 bridgehead atoms. The van der Waals surface area contributed by atoms with E-state index in [1.54, 1.807) is 0 Å². The molecule has 0 spiro atoms. The van der Waals surface area contributed by atoms with Gasteiger partial charge in [-0.1, -0.05) is 109 Å². The van der Waals surface area contributed by atoms with E-state index in [0.717, 1.165) is 5.39 Å². The zero-order chi connectivity index (χ0) is 20.2. The molecule has 0 saturated heterocycles. The van der Waals surface area contributed by atoms with Crippen LogP contribution < -0.4 is 0 Å². The van der Waals surface area contributed by atoms with Gasteiger partial charge >= 0.3 is 0 Å². The van der Waals surface area contributed by atoms with Crippen LogP contribution in [-0.4, -0.2) is 4.98 Å². The third kappa shape index (κ3) is 3.54. The Morgan fingerprint density at radius 2 is 0.900 bits per heavy atom. The highest BCUT2D eigenvalue weighted by molar-refractivity contribution is 6.14. The zero-order valence-corrected chi connectivity index (χ0v) is 16.6. The van der Waals surface area contributed by atoms with Crippen LogP contribution in [0.25, 0.3) is 45.8 Å². The summed E-state index contributed by atoms with van der Waals surface area (Å²) in [4.78, 5) is 4.44. The van der Waals surface area contributed by atoms with Crippen LogP contribution in [0.15, 0.2) is 103 Å². The molecular weight excluding hydrogens is 362 g/mol. The van der Waals surface area contributed by atoms with E-state index in [1.807, 2.05) is 24.5 Å².